The number of nitrogens with one attached hydrogen (secondary N) is 1. The van der Waals surface area contributed by atoms with Gasteiger partial charge in [0.2, 0.25) is 21.8 Å². The average molecular weight is 547 g/mol. The summed E-state index contributed by atoms with van der Waals surface area (Å²) in [5.74, 6) is -0.911. The second-order valence-corrected chi connectivity index (χ2v) is 11.3. The van der Waals surface area contributed by atoms with E-state index in [1.54, 1.807) is 6.92 Å². The average Bonchev–Trinajstić information content (AvgIpc) is 2.90. The van der Waals surface area contributed by atoms with Gasteiger partial charge in [0.05, 0.1) is 18.3 Å². The second-order valence-electron chi connectivity index (χ2n) is 9.41. The van der Waals surface area contributed by atoms with Crippen LogP contribution in [-0.4, -0.2) is 62.0 Å². The van der Waals surface area contributed by atoms with E-state index in [9.17, 15) is 28.1 Å². The van der Waals surface area contributed by atoms with E-state index >= 15 is 0 Å². The van der Waals surface area contributed by atoms with Gasteiger partial charge in [0.25, 0.3) is 5.69 Å². The van der Waals surface area contributed by atoms with Gasteiger partial charge in [-0.15, -0.1) is 0 Å². The monoisotopic (exact) mass is 546 g/mol. The van der Waals surface area contributed by atoms with Gasteiger partial charge in [-0.3, -0.25) is 24.0 Å². The summed E-state index contributed by atoms with van der Waals surface area (Å²) < 4.78 is 31.6. The zero-order valence-electron chi connectivity index (χ0n) is 21.8. The summed E-state index contributed by atoms with van der Waals surface area (Å²) in [6, 6.07) is 11.7. The molecule has 1 unspecified atom stereocenters. The molecule has 1 N–H and O–H groups in total. The number of nitro groups is 1. The van der Waals surface area contributed by atoms with Crippen LogP contribution in [0.25, 0.3) is 0 Å². The number of nitrogens with zero attached hydrogens (tertiary/aromatic N) is 3. The highest BCUT2D eigenvalue weighted by atomic mass is 32.2. The first-order chi connectivity index (χ1) is 18.0. The van der Waals surface area contributed by atoms with Crippen LogP contribution < -0.4 is 14.4 Å². The molecule has 1 aliphatic carbocycles. The summed E-state index contributed by atoms with van der Waals surface area (Å²) in [5.41, 5.74) is 0.261. The zero-order chi connectivity index (χ0) is 27.9. The molecular formula is C26H34N4O7S. The van der Waals surface area contributed by atoms with Crippen LogP contribution in [0, 0.1) is 10.1 Å². The normalized spacial score (nSPS) is 14.8. The van der Waals surface area contributed by atoms with E-state index < -0.39 is 33.4 Å². The van der Waals surface area contributed by atoms with E-state index in [1.807, 2.05) is 30.3 Å². The minimum atomic E-state index is -4.08. The van der Waals surface area contributed by atoms with E-state index in [1.165, 1.54) is 24.1 Å². The quantitative estimate of drug-likeness (QED) is 0.337. The molecule has 0 bridgehead atoms. The fourth-order valence-electron chi connectivity index (χ4n) is 4.51. The number of methoxy groups -OCH3 is 1. The zero-order valence-corrected chi connectivity index (χ0v) is 22.6. The number of non-ortho nitro benzene ring substituents is 1. The molecule has 2 amide bonds. The Bertz CT molecular complexity index is 1250. The second kappa shape index (κ2) is 12.7. The van der Waals surface area contributed by atoms with Crippen molar-refractivity contribution in [3.8, 4) is 5.75 Å². The van der Waals surface area contributed by atoms with Crippen molar-refractivity contribution >= 4 is 33.2 Å². The molecule has 1 saturated carbocycles. The van der Waals surface area contributed by atoms with E-state index in [2.05, 4.69) is 5.32 Å². The third kappa shape index (κ3) is 7.44. The standard InChI is InChI=1S/C26H34N4O7S/c1-19(26(32)27-21-12-8-5-9-13-21)28(17-20-10-6-4-7-11-20)25(31)18-29(38(3,35)36)23-16-22(30(33)34)14-15-24(23)37-2/h4,6-7,10-11,14-16,19,21H,5,8-9,12-13,17-18H2,1-3H3,(H,27,32). The summed E-state index contributed by atoms with van der Waals surface area (Å²) >= 11 is 0. The van der Waals surface area contributed by atoms with Crippen molar-refractivity contribution in [2.24, 2.45) is 0 Å². The third-order valence-electron chi connectivity index (χ3n) is 6.64. The van der Waals surface area contributed by atoms with Crippen LogP contribution in [0.2, 0.25) is 0 Å². The maximum atomic E-state index is 13.7. The highest BCUT2D eigenvalue weighted by molar-refractivity contribution is 7.92. The molecule has 0 saturated heterocycles. The number of hydrogen-bond donors (Lipinski definition) is 1. The Morgan fingerprint density at radius 2 is 1.79 bits per heavy atom. The Morgan fingerprint density at radius 3 is 2.37 bits per heavy atom. The number of ether oxygens (including phenoxy) is 1. The Balaban J connectivity index is 1.94. The molecule has 38 heavy (non-hydrogen) atoms. The SMILES string of the molecule is COc1ccc([N+](=O)[O-])cc1N(CC(=O)N(Cc1ccccc1)C(C)C(=O)NC1CCCCC1)S(C)(=O)=O. The molecule has 1 atom stereocenters. The first kappa shape index (κ1) is 28.9. The molecule has 2 aromatic rings. The molecule has 0 heterocycles. The van der Waals surface area contributed by atoms with Crippen molar-refractivity contribution in [2.75, 3.05) is 24.2 Å². The molecular weight excluding hydrogens is 512 g/mol. The Hall–Kier alpha value is -3.67. The minimum Gasteiger partial charge on any atom is -0.495 e. The van der Waals surface area contributed by atoms with Crippen LogP contribution in [0.15, 0.2) is 48.5 Å². The molecule has 0 spiro atoms. The summed E-state index contributed by atoms with van der Waals surface area (Å²) in [5, 5.41) is 14.4. The number of sulfonamides is 1. The number of rotatable bonds is 11. The number of anilines is 1. The van der Waals surface area contributed by atoms with E-state index in [0.717, 1.165) is 54.3 Å². The van der Waals surface area contributed by atoms with Crippen LogP contribution in [0.4, 0.5) is 11.4 Å². The summed E-state index contributed by atoms with van der Waals surface area (Å²) in [4.78, 5) is 38.9. The van der Waals surface area contributed by atoms with Gasteiger partial charge in [-0.2, -0.15) is 0 Å². The van der Waals surface area contributed by atoms with Gasteiger partial charge in [0.1, 0.15) is 24.0 Å². The van der Waals surface area contributed by atoms with Crippen molar-refractivity contribution in [2.45, 2.75) is 57.7 Å². The lowest BCUT2D eigenvalue weighted by molar-refractivity contribution is -0.384. The van der Waals surface area contributed by atoms with Crippen molar-refractivity contribution in [3.05, 3.63) is 64.2 Å². The molecule has 1 aliphatic rings. The van der Waals surface area contributed by atoms with Crippen LogP contribution >= 0.6 is 0 Å². The molecule has 0 aromatic heterocycles. The summed E-state index contributed by atoms with van der Waals surface area (Å²) in [6.07, 6.45) is 5.84. The smallest absolute Gasteiger partial charge is 0.271 e. The lowest BCUT2D eigenvalue weighted by atomic mass is 9.95. The molecule has 12 heteroatoms. The maximum absolute atomic E-state index is 13.7. The minimum absolute atomic E-state index is 0.0361. The Labute approximate surface area is 223 Å². The molecule has 206 valence electrons. The third-order valence-corrected chi connectivity index (χ3v) is 7.76. The predicted molar refractivity (Wildman–Crippen MR) is 143 cm³/mol. The van der Waals surface area contributed by atoms with Gasteiger partial charge in [-0.1, -0.05) is 49.6 Å². The Kier molecular flexibility index (Phi) is 9.67. The highest BCUT2D eigenvalue weighted by Gasteiger charge is 2.32. The molecule has 0 aliphatic heterocycles. The number of amides is 2. The number of benzene rings is 2. The molecule has 11 nitrogen and oxygen atoms in total. The maximum Gasteiger partial charge on any atom is 0.271 e. The van der Waals surface area contributed by atoms with Gasteiger partial charge >= 0.3 is 0 Å². The first-order valence-electron chi connectivity index (χ1n) is 12.4. The Morgan fingerprint density at radius 1 is 1.13 bits per heavy atom. The topological polar surface area (TPSA) is 139 Å². The van der Waals surface area contributed by atoms with Crippen molar-refractivity contribution < 1.29 is 27.7 Å². The van der Waals surface area contributed by atoms with Gasteiger partial charge < -0.3 is 15.0 Å². The first-order valence-corrected chi connectivity index (χ1v) is 14.3. The van der Waals surface area contributed by atoms with E-state index in [4.69, 9.17) is 4.74 Å². The number of carbonyl (C=O) groups excluding carboxylic acids is 2. The molecule has 2 aromatic carbocycles. The fourth-order valence-corrected chi connectivity index (χ4v) is 5.36. The van der Waals surface area contributed by atoms with E-state index in [0.29, 0.717) is 0 Å². The lowest BCUT2D eigenvalue weighted by Gasteiger charge is -2.33. The summed E-state index contributed by atoms with van der Waals surface area (Å²) in [6.45, 7) is 1.00. The number of nitro benzene ring substituents is 1. The predicted octanol–water partition coefficient (Wildman–Crippen LogP) is 3.24. The summed E-state index contributed by atoms with van der Waals surface area (Å²) in [7, 11) is -2.78. The van der Waals surface area contributed by atoms with Gasteiger partial charge in [-0.05, 0) is 31.4 Å². The van der Waals surface area contributed by atoms with Gasteiger partial charge in [0.15, 0.2) is 0 Å². The number of carbonyl (C=O) groups is 2. The molecule has 0 radical (unpaired) electrons. The van der Waals surface area contributed by atoms with Crippen molar-refractivity contribution in [1.29, 1.82) is 0 Å². The number of hydrogen-bond acceptors (Lipinski definition) is 7. The van der Waals surface area contributed by atoms with Gasteiger partial charge in [0, 0.05) is 24.7 Å². The van der Waals surface area contributed by atoms with Crippen LogP contribution in [0.3, 0.4) is 0 Å². The molecule has 3 rings (SSSR count). The largest absolute Gasteiger partial charge is 0.495 e. The lowest BCUT2D eigenvalue weighted by Crippen LogP contribution is -2.53. The molecule has 1 fully saturated rings. The van der Waals surface area contributed by atoms with Crippen LogP contribution in [-0.2, 0) is 26.2 Å². The van der Waals surface area contributed by atoms with Crippen molar-refractivity contribution in [3.63, 3.8) is 0 Å². The van der Waals surface area contributed by atoms with Crippen molar-refractivity contribution in [1.82, 2.24) is 10.2 Å². The van der Waals surface area contributed by atoms with E-state index in [-0.39, 0.29) is 35.6 Å². The highest BCUT2D eigenvalue weighted by Crippen LogP contribution is 2.34. The van der Waals surface area contributed by atoms with Gasteiger partial charge in [-0.25, -0.2) is 8.42 Å². The van der Waals surface area contributed by atoms with Crippen LogP contribution in [0.1, 0.15) is 44.6 Å². The fraction of sp³-hybridized carbons (Fsp3) is 0.462. The van der Waals surface area contributed by atoms with Crippen LogP contribution in [0.5, 0.6) is 5.75 Å².